The predicted octanol–water partition coefficient (Wildman–Crippen LogP) is 6.74. The van der Waals surface area contributed by atoms with Gasteiger partial charge in [0.05, 0.1) is 5.57 Å². The van der Waals surface area contributed by atoms with E-state index in [-0.39, 0.29) is 5.97 Å². The van der Waals surface area contributed by atoms with E-state index in [2.05, 4.69) is 46.3 Å². The maximum atomic E-state index is 12.5. The highest BCUT2D eigenvalue weighted by Crippen LogP contribution is 2.33. The SMILES string of the molecule is O=C1OC(c2ccc(Br)cc2)=C/C1=C/c1c2ccccc2cc2ccccc12. The summed E-state index contributed by atoms with van der Waals surface area (Å²) in [5.74, 6) is 0.253. The number of esters is 1. The van der Waals surface area contributed by atoms with Crippen LogP contribution in [-0.4, -0.2) is 5.97 Å². The van der Waals surface area contributed by atoms with Gasteiger partial charge in [0.2, 0.25) is 0 Å². The molecule has 1 aliphatic heterocycles. The molecule has 0 bridgehead atoms. The highest BCUT2D eigenvalue weighted by molar-refractivity contribution is 9.10. The molecular formula is C25H15BrO2. The van der Waals surface area contributed by atoms with Gasteiger partial charge in [0, 0.05) is 10.0 Å². The zero-order chi connectivity index (χ0) is 19.1. The number of ether oxygens (including phenoxy) is 1. The molecule has 1 heterocycles. The van der Waals surface area contributed by atoms with Gasteiger partial charge in [-0.2, -0.15) is 0 Å². The molecule has 4 aromatic carbocycles. The van der Waals surface area contributed by atoms with Crippen molar-refractivity contribution < 1.29 is 9.53 Å². The summed E-state index contributed by atoms with van der Waals surface area (Å²) in [5.41, 5.74) is 2.47. The van der Waals surface area contributed by atoms with Gasteiger partial charge in [0.25, 0.3) is 0 Å². The third-order valence-corrected chi connectivity index (χ3v) is 5.50. The maximum absolute atomic E-state index is 12.5. The van der Waals surface area contributed by atoms with E-state index in [4.69, 9.17) is 4.74 Å². The van der Waals surface area contributed by atoms with E-state index in [0.29, 0.717) is 11.3 Å². The van der Waals surface area contributed by atoms with E-state index >= 15 is 0 Å². The number of hydrogen-bond acceptors (Lipinski definition) is 2. The minimum absolute atomic E-state index is 0.324. The summed E-state index contributed by atoms with van der Waals surface area (Å²) in [6.45, 7) is 0. The maximum Gasteiger partial charge on any atom is 0.343 e. The van der Waals surface area contributed by atoms with Crippen LogP contribution in [0.3, 0.4) is 0 Å². The minimum atomic E-state index is -0.324. The standard InChI is InChI=1S/C25H15BrO2/c26-20-11-9-16(10-12-20)24-15-19(25(27)28-24)14-23-21-7-3-1-5-17(21)13-18-6-2-4-8-22(18)23/h1-15H/b19-14-. The van der Waals surface area contributed by atoms with Gasteiger partial charge in [-0.05, 0) is 57.5 Å². The number of fused-ring (bicyclic) bond motifs is 2. The molecule has 2 nitrogen and oxygen atoms in total. The number of benzene rings is 4. The van der Waals surface area contributed by atoms with Gasteiger partial charge < -0.3 is 4.74 Å². The second-order valence-corrected chi connectivity index (χ2v) is 7.65. The third-order valence-electron chi connectivity index (χ3n) is 4.97. The van der Waals surface area contributed by atoms with Crippen molar-refractivity contribution in [2.24, 2.45) is 0 Å². The molecule has 0 saturated carbocycles. The van der Waals surface area contributed by atoms with Crippen LogP contribution in [0.25, 0.3) is 33.4 Å². The fraction of sp³-hybridized carbons (Fsp3) is 0. The van der Waals surface area contributed by atoms with Crippen LogP contribution in [0.5, 0.6) is 0 Å². The Kier molecular flexibility index (Phi) is 4.10. The molecule has 134 valence electrons. The van der Waals surface area contributed by atoms with Crippen molar-refractivity contribution in [2.45, 2.75) is 0 Å². The van der Waals surface area contributed by atoms with Crippen LogP contribution >= 0.6 is 15.9 Å². The lowest BCUT2D eigenvalue weighted by Crippen LogP contribution is -1.97. The first-order valence-electron chi connectivity index (χ1n) is 9.01. The summed E-state index contributed by atoms with van der Waals surface area (Å²) in [7, 11) is 0. The molecule has 3 heteroatoms. The molecule has 0 amide bonds. The van der Waals surface area contributed by atoms with Gasteiger partial charge in [0.1, 0.15) is 5.76 Å². The Morgan fingerprint density at radius 2 is 1.39 bits per heavy atom. The number of carbonyl (C=O) groups is 1. The Hall–Kier alpha value is -3.17. The number of rotatable bonds is 2. The highest BCUT2D eigenvalue weighted by Gasteiger charge is 2.22. The first kappa shape index (κ1) is 17.0. The largest absolute Gasteiger partial charge is 0.422 e. The summed E-state index contributed by atoms with van der Waals surface area (Å²) < 4.78 is 6.52. The summed E-state index contributed by atoms with van der Waals surface area (Å²) in [6, 6.07) is 26.4. The van der Waals surface area contributed by atoms with Crippen molar-refractivity contribution in [3.63, 3.8) is 0 Å². The molecule has 0 unspecified atom stereocenters. The highest BCUT2D eigenvalue weighted by atomic mass is 79.9. The van der Waals surface area contributed by atoms with Crippen LogP contribution in [-0.2, 0) is 9.53 Å². The average Bonchev–Trinajstić information content (AvgIpc) is 3.08. The van der Waals surface area contributed by atoms with Crippen LogP contribution in [0.15, 0.2) is 95.0 Å². The summed E-state index contributed by atoms with van der Waals surface area (Å²) in [4.78, 5) is 12.5. The quantitative estimate of drug-likeness (QED) is 0.201. The van der Waals surface area contributed by atoms with Crippen molar-refractivity contribution >= 4 is 55.3 Å². The molecular weight excluding hydrogens is 412 g/mol. The van der Waals surface area contributed by atoms with E-state index < -0.39 is 0 Å². The van der Waals surface area contributed by atoms with E-state index in [1.165, 1.54) is 0 Å². The van der Waals surface area contributed by atoms with Crippen molar-refractivity contribution in [2.75, 3.05) is 0 Å². The lowest BCUT2D eigenvalue weighted by Gasteiger charge is -2.08. The number of hydrogen-bond donors (Lipinski definition) is 0. The zero-order valence-electron chi connectivity index (χ0n) is 14.9. The fourth-order valence-corrected chi connectivity index (χ4v) is 3.87. The summed E-state index contributed by atoms with van der Waals surface area (Å²) in [5, 5.41) is 4.53. The lowest BCUT2D eigenvalue weighted by molar-refractivity contribution is -0.130. The summed E-state index contributed by atoms with van der Waals surface area (Å²) >= 11 is 3.43. The summed E-state index contributed by atoms with van der Waals surface area (Å²) in [6.07, 6.45) is 3.76. The number of cyclic esters (lactones) is 1. The molecule has 1 aliphatic rings. The molecule has 0 spiro atoms. The molecule has 4 aromatic rings. The third kappa shape index (κ3) is 2.94. The van der Waals surface area contributed by atoms with Gasteiger partial charge in [-0.15, -0.1) is 0 Å². The Balaban J connectivity index is 1.70. The van der Waals surface area contributed by atoms with Crippen molar-refractivity contribution in [1.82, 2.24) is 0 Å². The molecule has 0 radical (unpaired) electrons. The second-order valence-electron chi connectivity index (χ2n) is 6.74. The number of carbonyl (C=O) groups excluding carboxylic acids is 1. The van der Waals surface area contributed by atoms with Crippen molar-refractivity contribution in [3.05, 3.63) is 106 Å². The average molecular weight is 427 g/mol. The fourth-order valence-electron chi connectivity index (χ4n) is 3.61. The molecule has 5 rings (SSSR count). The van der Waals surface area contributed by atoms with Gasteiger partial charge in [-0.25, -0.2) is 4.79 Å². The van der Waals surface area contributed by atoms with Crippen molar-refractivity contribution in [3.8, 4) is 0 Å². The minimum Gasteiger partial charge on any atom is -0.422 e. The van der Waals surface area contributed by atoms with E-state index in [1.807, 2.05) is 60.7 Å². The van der Waals surface area contributed by atoms with E-state index in [1.54, 1.807) is 0 Å². The normalized spacial score (nSPS) is 15.2. The van der Waals surface area contributed by atoms with Crippen LogP contribution in [0, 0.1) is 0 Å². The Morgan fingerprint density at radius 1 is 0.786 bits per heavy atom. The Bertz CT molecular complexity index is 1240. The first-order chi connectivity index (χ1) is 13.7. The van der Waals surface area contributed by atoms with E-state index in [0.717, 1.165) is 37.1 Å². The van der Waals surface area contributed by atoms with Gasteiger partial charge >= 0.3 is 5.97 Å². The van der Waals surface area contributed by atoms with Gasteiger partial charge in [0.15, 0.2) is 0 Å². The van der Waals surface area contributed by atoms with Crippen LogP contribution in [0.1, 0.15) is 11.1 Å². The smallest absolute Gasteiger partial charge is 0.343 e. The van der Waals surface area contributed by atoms with Gasteiger partial charge in [-0.3, -0.25) is 0 Å². The molecule has 0 atom stereocenters. The first-order valence-corrected chi connectivity index (χ1v) is 9.80. The Labute approximate surface area is 170 Å². The molecule has 0 saturated heterocycles. The van der Waals surface area contributed by atoms with E-state index in [9.17, 15) is 4.79 Å². The predicted molar refractivity (Wildman–Crippen MR) is 118 cm³/mol. The van der Waals surface area contributed by atoms with Crippen LogP contribution in [0.4, 0.5) is 0 Å². The molecule has 0 aliphatic carbocycles. The van der Waals surface area contributed by atoms with Crippen LogP contribution < -0.4 is 0 Å². The van der Waals surface area contributed by atoms with Crippen molar-refractivity contribution in [1.29, 1.82) is 0 Å². The molecule has 0 aromatic heterocycles. The Morgan fingerprint density at radius 3 is 2.04 bits per heavy atom. The molecule has 0 N–H and O–H groups in total. The second kappa shape index (κ2) is 6.77. The van der Waals surface area contributed by atoms with Crippen LogP contribution in [0.2, 0.25) is 0 Å². The lowest BCUT2D eigenvalue weighted by atomic mass is 9.95. The monoisotopic (exact) mass is 426 g/mol. The number of halogens is 1. The molecule has 28 heavy (non-hydrogen) atoms. The molecule has 0 fully saturated rings. The zero-order valence-corrected chi connectivity index (χ0v) is 16.4. The topological polar surface area (TPSA) is 26.3 Å². The van der Waals surface area contributed by atoms with Gasteiger partial charge in [-0.1, -0.05) is 76.6 Å².